The Kier molecular flexibility index (Phi) is 3.77. The number of hydrogen-bond donors (Lipinski definition) is 1. The summed E-state index contributed by atoms with van der Waals surface area (Å²) in [5.41, 5.74) is 0.901. The minimum absolute atomic E-state index is 0.451. The van der Waals surface area contributed by atoms with Gasteiger partial charge in [0.2, 0.25) is 4.77 Å². The highest BCUT2D eigenvalue weighted by atomic mass is 35.5. The van der Waals surface area contributed by atoms with Crippen molar-refractivity contribution in [3.63, 3.8) is 0 Å². The van der Waals surface area contributed by atoms with Gasteiger partial charge < -0.3 is 0 Å². The summed E-state index contributed by atoms with van der Waals surface area (Å²) in [6.07, 6.45) is 1.70. The van der Waals surface area contributed by atoms with Crippen LogP contribution in [-0.4, -0.2) is 21.1 Å². The van der Waals surface area contributed by atoms with Crippen molar-refractivity contribution in [3.05, 3.63) is 57.1 Å². The largest absolute Gasteiger partial charge is 0.250 e. The standard InChI is InChI=1S/C13H9ClN4S2/c14-10-4-1-3-9(7-10)8-15-18-12(16-17-13(18)19)11-5-2-6-20-11/h1-8H,(H,17,19)/b15-8+. The van der Waals surface area contributed by atoms with Gasteiger partial charge in [0, 0.05) is 5.02 Å². The van der Waals surface area contributed by atoms with Gasteiger partial charge in [-0.05, 0) is 41.4 Å². The van der Waals surface area contributed by atoms with Gasteiger partial charge in [-0.1, -0.05) is 29.8 Å². The van der Waals surface area contributed by atoms with Crippen LogP contribution in [0.3, 0.4) is 0 Å². The number of aromatic amines is 1. The molecule has 1 N–H and O–H groups in total. The Morgan fingerprint density at radius 3 is 3.00 bits per heavy atom. The van der Waals surface area contributed by atoms with Gasteiger partial charge in [-0.15, -0.1) is 11.3 Å². The van der Waals surface area contributed by atoms with Crippen LogP contribution in [0.4, 0.5) is 0 Å². The molecule has 0 saturated carbocycles. The smallest absolute Gasteiger partial charge is 0.216 e. The molecule has 2 heterocycles. The molecule has 0 aliphatic rings. The fraction of sp³-hybridized carbons (Fsp3) is 0. The van der Waals surface area contributed by atoms with Crippen molar-refractivity contribution in [1.82, 2.24) is 14.9 Å². The van der Waals surface area contributed by atoms with Gasteiger partial charge in [0.15, 0.2) is 5.82 Å². The van der Waals surface area contributed by atoms with Crippen molar-refractivity contribution in [2.45, 2.75) is 0 Å². The average molecular weight is 321 g/mol. The molecule has 0 amide bonds. The number of hydrogen-bond acceptors (Lipinski definition) is 4. The van der Waals surface area contributed by atoms with Crippen LogP contribution < -0.4 is 0 Å². The molecule has 0 radical (unpaired) electrons. The molecular formula is C13H9ClN4S2. The molecule has 3 rings (SSSR count). The highest BCUT2D eigenvalue weighted by Crippen LogP contribution is 2.22. The fourth-order valence-corrected chi connectivity index (χ4v) is 2.75. The van der Waals surface area contributed by atoms with E-state index in [1.807, 2.05) is 41.8 Å². The molecule has 0 aliphatic heterocycles. The molecule has 20 heavy (non-hydrogen) atoms. The summed E-state index contributed by atoms with van der Waals surface area (Å²) in [6.45, 7) is 0. The third-order valence-corrected chi connectivity index (χ3v) is 3.93. The lowest BCUT2D eigenvalue weighted by molar-refractivity contribution is 0.873. The van der Waals surface area contributed by atoms with Crippen LogP contribution >= 0.6 is 35.2 Å². The summed E-state index contributed by atoms with van der Waals surface area (Å²) in [7, 11) is 0. The topological polar surface area (TPSA) is 46.0 Å². The summed E-state index contributed by atoms with van der Waals surface area (Å²) >= 11 is 12.7. The number of rotatable bonds is 3. The third kappa shape index (κ3) is 2.72. The molecule has 0 fully saturated rings. The second-order valence-electron chi connectivity index (χ2n) is 3.94. The number of benzene rings is 1. The van der Waals surface area contributed by atoms with E-state index in [-0.39, 0.29) is 0 Å². The van der Waals surface area contributed by atoms with Gasteiger partial charge in [0.1, 0.15) is 0 Å². The highest BCUT2D eigenvalue weighted by molar-refractivity contribution is 7.71. The second-order valence-corrected chi connectivity index (χ2v) is 5.71. The maximum Gasteiger partial charge on any atom is 0.216 e. The van der Waals surface area contributed by atoms with Crippen molar-refractivity contribution < 1.29 is 0 Å². The van der Waals surface area contributed by atoms with E-state index in [1.54, 1.807) is 22.2 Å². The van der Waals surface area contributed by atoms with Gasteiger partial charge >= 0.3 is 0 Å². The lowest BCUT2D eigenvalue weighted by Gasteiger charge is -1.98. The van der Waals surface area contributed by atoms with Crippen LogP contribution in [-0.2, 0) is 0 Å². The monoisotopic (exact) mass is 320 g/mol. The van der Waals surface area contributed by atoms with E-state index in [4.69, 9.17) is 23.8 Å². The predicted molar refractivity (Wildman–Crippen MR) is 85.2 cm³/mol. The zero-order valence-corrected chi connectivity index (χ0v) is 12.5. The van der Waals surface area contributed by atoms with E-state index in [1.165, 1.54) is 0 Å². The Bertz CT molecular complexity index is 802. The van der Waals surface area contributed by atoms with E-state index < -0.39 is 0 Å². The molecule has 0 saturated heterocycles. The van der Waals surface area contributed by atoms with Crippen LogP contribution in [0.2, 0.25) is 5.02 Å². The summed E-state index contributed by atoms with van der Waals surface area (Å²) in [4.78, 5) is 1.00. The lowest BCUT2D eigenvalue weighted by atomic mass is 10.2. The second kappa shape index (κ2) is 5.70. The summed E-state index contributed by atoms with van der Waals surface area (Å²) in [5.74, 6) is 0.697. The number of nitrogens with one attached hydrogen (secondary N) is 1. The highest BCUT2D eigenvalue weighted by Gasteiger charge is 2.08. The number of nitrogens with zero attached hydrogens (tertiary/aromatic N) is 3. The Labute approximate surface area is 129 Å². The molecule has 0 atom stereocenters. The van der Waals surface area contributed by atoms with Crippen LogP contribution in [0.25, 0.3) is 10.7 Å². The normalized spacial score (nSPS) is 11.2. The molecule has 0 bridgehead atoms. The number of halogens is 1. The molecule has 100 valence electrons. The Morgan fingerprint density at radius 1 is 1.35 bits per heavy atom. The number of aromatic nitrogens is 3. The minimum atomic E-state index is 0.451. The molecular weight excluding hydrogens is 312 g/mol. The first kappa shape index (κ1) is 13.2. The zero-order chi connectivity index (χ0) is 13.9. The molecule has 2 aromatic heterocycles. The van der Waals surface area contributed by atoms with Crippen LogP contribution in [0.15, 0.2) is 46.9 Å². The van der Waals surface area contributed by atoms with Gasteiger partial charge in [0.25, 0.3) is 0 Å². The quantitative estimate of drug-likeness (QED) is 0.580. The summed E-state index contributed by atoms with van der Waals surface area (Å²) in [6, 6.07) is 11.4. The maximum absolute atomic E-state index is 5.94. The Morgan fingerprint density at radius 2 is 2.25 bits per heavy atom. The van der Waals surface area contributed by atoms with E-state index in [0.29, 0.717) is 15.6 Å². The minimum Gasteiger partial charge on any atom is -0.250 e. The maximum atomic E-state index is 5.94. The molecule has 1 aromatic carbocycles. The van der Waals surface area contributed by atoms with Gasteiger partial charge in [-0.25, -0.2) is 5.10 Å². The average Bonchev–Trinajstić information content (AvgIpc) is 3.06. The van der Waals surface area contributed by atoms with Crippen LogP contribution in [0.5, 0.6) is 0 Å². The van der Waals surface area contributed by atoms with Gasteiger partial charge in [-0.3, -0.25) is 0 Å². The van der Waals surface area contributed by atoms with E-state index in [0.717, 1.165) is 10.4 Å². The van der Waals surface area contributed by atoms with E-state index in [9.17, 15) is 0 Å². The molecule has 0 unspecified atom stereocenters. The van der Waals surface area contributed by atoms with Crippen LogP contribution in [0, 0.1) is 4.77 Å². The first-order chi connectivity index (χ1) is 9.74. The summed E-state index contributed by atoms with van der Waals surface area (Å²) in [5, 5.41) is 14.0. The number of H-pyrrole nitrogens is 1. The molecule has 0 spiro atoms. The molecule has 0 aliphatic carbocycles. The lowest BCUT2D eigenvalue weighted by Crippen LogP contribution is -1.93. The zero-order valence-electron chi connectivity index (χ0n) is 10.2. The first-order valence-corrected chi connectivity index (χ1v) is 7.42. The van der Waals surface area contributed by atoms with Crippen LogP contribution in [0.1, 0.15) is 5.56 Å². The van der Waals surface area contributed by atoms with Crippen molar-refractivity contribution in [2.24, 2.45) is 5.10 Å². The third-order valence-electron chi connectivity index (χ3n) is 2.56. The van der Waals surface area contributed by atoms with Crippen molar-refractivity contribution in [2.75, 3.05) is 0 Å². The van der Waals surface area contributed by atoms with Crippen molar-refractivity contribution in [3.8, 4) is 10.7 Å². The fourth-order valence-electron chi connectivity index (χ4n) is 1.68. The van der Waals surface area contributed by atoms with Crippen molar-refractivity contribution in [1.29, 1.82) is 0 Å². The van der Waals surface area contributed by atoms with Crippen molar-refractivity contribution >= 4 is 41.4 Å². The van der Waals surface area contributed by atoms with E-state index in [2.05, 4.69) is 15.3 Å². The summed E-state index contributed by atoms with van der Waals surface area (Å²) < 4.78 is 2.05. The Balaban J connectivity index is 1.99. The molecule has 4 nitrogen and oxygen atoms in total. The first-order valence-electron chi connectivity index (χ1n) is 5.75. The number of thiophene rings is 1. The molecule has 7 heteroatoms. The SMILES string of the molecule is S=c1[nH]nc(-c2cccs2)n1/N=C/c1cccc(Cl)c1. The predicted octanol–water partition coefficient (Wildman–Crippen LogP) is 4.20. The van der Waals surface area contributed by atoms with Gasteiger partial charge in [-0.2, -0.15) is 14.9 Å². The molecule has 3 aromatic rings. The Hall–Kier alpha value is -1.76. The van der Waals surface area contributed by atoms with E-state index >= 15 is 0 Å². The van der Waals surface area contributed by atoms with Gasteiger partial charge in [0.05, 0.1) is 11.1 Å².